The number of aryl methyl sites for hydroxylation is 1. The summed E-state index contributed by atoms with van der Waals surface area (Å²) >= 11 is 1.82. The van der Waals surface area contributed by atoms with E-state index in [0.717, 1.165) is 44.6 Å². The van der Waals surface area contributed by atoms with Gasteiger partial charge >= 0.3 is 0 Å². The topological polar surface area (TPSA) is 75.9 Å². The molecule has 1 saturated heterocycles. The molecule has 3 heterocycles. The van der Waals surface area contributed by atoms with Crippen molar-refractivity contribution >= 4 is 17.2 Å². The second-order valence-corrected chi connectivity index (χ2v) is 8.81. The fourth-order valence-corrected chi connectivity index (χ4v) is 4.49. The summed E-state index contributed by atoms with van der Waals surface area (Å²) in [7, 11) is 0. The van der Waals surface area contributed by atoms with Gasteiger partial charge in [0, 0.05) is 30.0 Å². The molecule has 158 valence electrons. The van der Waals surface area contributed by atoms with E-state index < -0.39 is 0 Å². The van der Waals surface area contributed by atoms with Crippen molar-refractivity contribution in [2.24, 2.45) is 5.92 Å². The van der Waals surface area contributed by atoms with E-state index in [4.69, 9.17) is 0 Å². The number of rotatable bonds is 9. The molecular weight excluding hydrogens is 396 g/mol. The summed E-state index contributed by atoms with van der Waals surface area (Å²) in [5, 5.41) is 17.8. The Morgan fingerprint density at radius 3 is 2.73 bits per heavy atom. The fraction of sp³-hybridized carbons (Fsp3) is 0.455. The van der Waals surface area contributed by atoms with Crippen molar-refractivity contribution in [1.29, 1.82) is 0 Å². The Morgan fingerprint density at radius 2 is 1.97 bits per heavy atom. The Labute approximate surface area is 181 Å². The van der Waals surface area contributed by atoms with E-state index in [1.807, 2.05) is 41.7 Å². The maximum absolute atomic E-state index is 12.2. The summed E-state index contributed by atoms with van der Waals surface area (Å²) in [4.78, 5) is 17.7. The summed E-state index contributed by atoms with van der Waals surface area (Å²) in [5.41, 5.74) is 0.947. The lowest BCUT2D eigenvalue weighted by molar-refractivity contribution is -0.121. The van der Waals surface area contributed by atoms with Gasteiger partial charge in [0.05, 0.1) is 6.54 Å². The second kappa shape index (κ2) is 10.4. The Bertz CT molecular complexity index is 903. The number of tetrazole rings is 1. The molecule has 0 atom stereocenters. The zero-order chi connectivity index (χ0) is 20.6. The Kier molecular flexibility index (Phi) is 7.20. The molecule has 0 saturated carbocycles. The molecule has 1 aromatic carbocycles. The molecule has 7 nitrogen and oxygen atoms in total. The molecule has 0 radical (unpaired) electrons. The van der Waals surface area contributed by atoms with Crippen LogP contribution in [0.15, 0.2) is 47.8 Å². The zero-order valence-corrected chi connectivity index (χ0v) is 17.9. The van der Waals surface area contributed by atoms with Crippen LogP contribution in [0, 0.1) is 5.92 Å². The highest BCUT2D eigenvalue weighted by Crippen LogP contribution is 2.20. The number of hydrogen-bond acceptors (Lipinski definition) is 6. The summed E-state index contributed by atoms with van der Waals surface area (Å²) in [6, 6.07) is 14.1. The number of thiophene rings is 1. The molecule has 0 spiro atoms. The normalized spacial score (nSPS) is 15.3. The number of piperidine rings is 1. The molecule has 30 heavy (non-hydrogen) atoms. The number of nitrogens with one attached hydrogen (secondary N) is 1. The van der Waals surface area contributed by atoms with Crippen LogP contribution in [0.3, 0.4) is 0 Å². The first-order valence-corrected chi connectivity index (χ1v) is 11.5. The van der Waals surface area contributed by atoms with Crippen LogP contribution in [0.1, 0.15) is 30.6 Å². The van der Waals surface area contributed by atoms with Gasteiger partial charge in [0.2, 0.25) is 11.7 Å². The molecule has 4 rings (SSSR count). The molecule has 1 fully saturated rings. The van der Waals surface area contributed by atoms with Gasteiger partial charge in [0.15, 0.2) is 0 Å². The fourth-order valence-electron chi connectivity index (χ4n) is 3.74. The summed E-state index contributed by atoms with van der Waals surface area (Å²) in [6.07, 6.45) is 3.49. The highest BCUT2D eigenvalue weighted by Gasteiger charge is 2.20. The molecule has 1 amide bonds. The lowest BCUT2D eigenvalue weighted by Crippen LogP contribution is -2.38. The number of hydrogen-bond donors (Lipinski definition) is 1. The molecule has 2 aromatic heterocycles. The number of nitrogens with zero attached hydrogens (tertiary/aromatic N) is 5. The highest BCUT2D eigenvalue weighted by molar-refractivity contribution is 7.09. The second-order valence-electron chi connectivity index (χ2n) is 7.78. The standard InChI is InChI=1S/C22H28N6OS/c29-21(9-4-12-28-25-22(24-26-28)19-6-2-1-3-7-19)23-16-18-10-13-27(14-11-18)17-20-8-5-15-30-20/h1-3,5-8,15,18H,4,9-14,16-17H2,(H,23,29). The number of likely N-dealkylation sites (tertiary alicyclic amines) is 1. The van der Waals surface area contributed by atoms with E-state index in [0.29, 0.717) is 31.1 Å². The van der Waals surface area contributed by atoms with Crippen LogP contribution in [0.25, 0.3) is 11.4 Å². The third-order valence-corrected chi connectivity index (χ3v) is 6.36. The Morgan fingerprint density at radius 1 is 1.13 bits per heavy atom. The number of aromatic nitrogens is 4. The third-order valence-electron chi connectivity index (χ3n) is 5.50. The van der Waals surface area contributed by atoms with Crippen molar-refractivity contribution in [3.8, 4) is 11.4 Å². The molecule has 0 unspecified atom stereocenters. The minimum atomic E-state index is 0.111. The molecule has 0 aliphatic carbocycles. The van der Waals surface area contributed by atoms with Crippen LogP contribution in [0.2, 0.25) is 0 Å². The van der Waals surface area contributed by atoms with Gasteiger partial charge in [-0.15, -0.1) is 21.5 Å². The van der Waals surface area contributed by atoms with Gasteiger partial charge in [-0.25, -0.2) is 0 Å². The van der Waals surface area contributed by atoms with Gasteiger partial charge in [-0.2, -0.15) is 4.80 Å². The van der Waals surface area contributed by atoms with Crippen molar-refractivity contribution in [3.63, 3.8) is 0 Å². The van der Waals surface area contributed by atoms with Gasteiger partial charge in [0.1, 0.15) is 0 Å². The van der Waals surface area contributed by atoms with E-state index in [1.165, 1.54) is 4.88 Å². The maximum atomic E-state index is 12.2. The third kappa shape index (κ3) is 5.96. The number of amides is 1. The predicted molar refractivity (Wildman–Crippen MR) is 118 cm³/mol. The van der Waals surface area contributed by atoms with E-state index in [9.17, 15) is 4.79 Å². The van der Waals surface area contributed by atoms with Crippen molar-refractivity contribution < 1.29 is 4.79 Å². The maximum Gasteiger partial charge on any atom is 0.220 e. The molecule has 1 aliphatic rings. The van der Waals surface area contributed by atoms with Gasteiger partial charge in [0.25, 0.3) is 0 Å². The van der Waals surface area contributed by atoms with E-state index in [2.05, 4.69) is 43.1 Å². The van der Waals surface area contributed by atoms with Gasteiger partial charge in [-0.05, 0) is 54.9 Å². The SMILES string of the molecule is O=C(CCCn1nnc(-c2ccccc2)n1)NCC1CCN(Cc2cccs2)CC1. The summed E-state index contributed by atoms with van der Waals surface area (Å²) in [5.74, 6) is 1.31. The van der Waals surface area contributed by atoms with Crippen molar-refractivity contribution in [3.05, 3.63) is 52.7 Å². The van der Waals surface area contributed by atoms with Crippen LogP contribution in [-0.2, 0) is 17.9 Å². The lowest BCUT2D eigenvalue weighted by atomic mass is 9.96. The quantitative estimate of drug-likeness (QED) is 0.571. The summed E-state index contributed by atoms with van der Waals surface area (Å²) < 4.78 is 0. The summed E-state index contributed by atoms with van der Waals surface area (Å²) in [6.45, 7) is 4.65. The molecule has 1 aliphatic heterocycles. The molecule has 1 N–H and O–H groups in total. The van der Waals surface area contributed by atoms with Crippen LogP contribution in [0.5, 0.6) is 0 Å². The highest BCUT2D eigenvalue weighted by atomic mass is 32.1. The van der Waals surface area contributed by atoms with Gasteiger partial charge in [-0.1, -0.05) is 36.4 Å². The number of carbonyl (C=O) groups excluding carboxylic acids is 1. The number of carbonyl (C=O) groups is 1. The first-order chi connectivity index (χ1) is 14.8. The first-order valence-electron chi connectivity index (χ1n) is 10.6. The molecular formula is C22H28N6OS. The molecule has 0 bridgehead atoms. The largest absolute Gasteiger partial charge is 0.356 e. The van der Waals surface area contributed by atoms with Gasteiger partial charge < -0.3 is 5.32 Å². The van der Waals surface area contributed by atoms with Crippen LogP contribution in [-0.4, -0.2) is 50.6 Å². The minimum Gasteiger partial charge on any atom is -0.356 e. The molecule has 8 heteroatoms. The number of benzene rings is 1. The van der Waals surface area contributed by atoms with E-state index in [-0.39, 0.29) is 5.91 Å². The van der Waals surface area contributed by atoms with Crippen LogP contribution < -0.4 is 5.32 Å². The molecule has 3 aromatic rings. The lowest BCUT2D eigenvalue weighted by Gasteiger charge is -2.31. The van der Waals surface area contributed by atoms with Gasteiger partial charge in [-0.3, -0.25) is 9.69 Å². The average Bonchev–Trinajstić information content (AvgIpc) is 3.46. The average molecular weight is 425 g/mol. The van der Waals surface area contributed by atoms with E-state index >= 15 is 0 Å². The Balaban J connectivity index is 1.10. The zero-order valence-electron chi connectivity index (χ0n) is 17.1. The van der Waals surface area contributed by atoms with Crippen LogP contribution >= 0.6 is 11.3 Å². The van der Waals surface area contributed by atoms with Crippen molar-refractivity contribution in [1.82, 2.24) is 30.4 Å². The first kappa shape index (κ1) is 20.7. The predicted octanol–water partition coefficient (Wildman–Crippen LogP) is 3.21. The van der Waals surface area contributed by atoms with Crippen LogP contribution in [0.4, 0.5) is 0 Å². The van der Waals surface area contributed by atoms with E-state index in [1.54, 1.807) is 4.80 Å². The Hall–Kier alpha value is -2.58. The minimum absolute atomic E-state index is 0.111. The van der Waals surface area contributed by atoms with Crippen molar-refractivity contribution in [2.45, 2.75) is 38.8 Å². The smallest absolute Gasteiger partial charge is 0.220 e. The monoisotopic (exact) mass is 424 g/mol. The van der Waals surface area contributed by atoms with Crippen molar-refractivity contribution in [2.75, 3.05) is 19.6 Å².